The molecule has 0 unspecified atom stereocenters. The predicted molar refractivity (Wildman–Crippen MR) is 84.0 cm³/mol. The minimum atomic E-state index is -0.657. The standard InChI is InChI=1S/C16H15BrFNO2/c1-10-9-13(18)5-8-15(10)19-16(20)11(2)21-14-6-3-12(17)4-7-14/h3-9,11H,1-2H3,(H,19,20)/t11-/m1/s1. The molecule has 0 saturated carbocycles. The lowest BCUT2D eigenvalue weighted by Gasteiger charge is -2.15. The molecule has 0 aliphatic heterocycles. The number of hydrogen-bond acceptors (Lipinski definition) is 2. The minimum Gasteiger partial charge on any atom is -0.481 e. The number of carbonyl (C=O) groups excluding carboxylic acids is 1. The van der Waals surface area contributed by atoms with Crippen LogP contribution < -0.4 is 10.1 Å². The van der Waals surface area contributed by atoms with Crippen molar-refractivity contribution in [2.24, 2.45) is 0 Å². The fourth-order valence-electron chi connectivity index (χ4n) is 1.77. The third kappa shape index (κ3) is 4.29. The summed E-state index contributed by atoms with van der Waals surface area (Å²) in [6.45, 7) is 3.40. The van der Waals surface area contributed by atoms with Crippen molar-refractivity contribution in [3.63, 3.8) is 0 Å². The molecule has 0 bridgehead atoms. The minimum absolute atomic E-state index is 0.285. The number of halogens is 2. The number of ether oxygens (including phenoxy) is 1. The van der Waals surface area contributed by atoms with Gasteiger partial charge < -0.3 is 10.1 Å². The first kappa shape index (κ1) is 15.5. The maximum atomic E-state index is 13.0. The summed E-state index contributed by atoms with van der Waals surface area (Å²) in [5.41, 5.74) is 1.24. The molecule has 1 atom stereocenters. The van der Waals surface area contributed by atoms with Gasteiger partial charge in [0.1, 0.15) is 11.6 Å². The molecule has 0 aliphatic rings. The zero-order chi connectivity index (χ0) is 15.4. The highest BCUT2D eigenvalue weighted by Crippen LogP contribution is 2.19. The first-order chi connectivity index (χ1) is 9.95. The molecule has 2 aromatic rings. The molecule has 5 heteroatoms. The number of nitrogens with one attached hydrogen (secondary N) is 1. The lowest BCUT2D eigenvalue weighted by molar-refractivity contribution is -0.122. The van der Waals surface area contributed by atoms with Crippen LogP contribution in [-0.2, 0) is 4.79 Å². The van der Waals surface area contributed by atoms with Crippen LogP contribution in [-0.4, -0.2) is 12.0 Å². The van der Waals surface area contributed by atoms with Crippen molar-refractivity contribution < 1.29 is 13.9 Å². The van der Waals surface area contributed by atoms with Crippen molar-refractivity contribution in [1.82, 2.24) is 0 Å². The van der Waals surface area contributed by atoms with Gasteiger partial charge in [0, 0.05) is 10.2 Å². The Kier molecular flexibility index (Phi) is 4.96. The smallest absolute Gasteiger partial charge is 0.265 e. The van der Waals surface area contributed by atoms with Gasteiger partial charge in [-0.3, -0.25) is 4.79 Å². The van der Waals surface area contributed by atoms with Gasteiger partial charge in [-0.05, 0) is 61.9 Å². The second-order valence-corrected chi connectivity index (χ2v) is 5.58. The van der Waals surface area contributed by atoms with Gasteiger partial charge in [0.25, 0.3) is 5.91 Å². The van der Waals surface area contributed by atoms with Crippen molar-refractivity contribution >= 4 is 27.5 Å². The van der Waals surface area contributed by atoms with Gasteiger partial charge in [0.15, 0.2) is 6.10 Å². The van der Waals surface area contributed by atoms with Crippen LogP contribution in [0.5, 0.6) is 5.75 Å². The second kappa shape index (κ2) is 6.72. The van der Waals surface area contributed by atoms with Crippen molar-refractivity contribution in [1.29, 1.82) is 0 Å². The Hall–Kier alpha value is -1.88. The molecule has 110 valence electrons. The van der Waals surface area contributed by atoms with E-state index in [0.29, 0.717) is 17.0 Å². The second-order valence-electron chi connectivity index (χ2n) is 4.66. The summed E-state index contributed by atoms with van der Waals surface area (Å²) in [7, 11) is 0. The molecule has 0 saturated heterocycles. The molecule has 0 aliphatic carbocycles. The summed E-state index contributed by atoms with van der Waals surface area (Å²) >= 11 is 3.33. The Bertz CT molecular complexity index is 643. The first-order valence-corrected chi connectivity index (χ1v) is 7.24. The Balaban J connectivity index is 2.00. The van der Waals surface area contributed by atoms with E-state index in [1.54, 1.807) is 26.0 Å². The molecule has 0 radical (unpaired) electrons. The van der Waals surface area contributed by atoms with Crippen molar-refractivity contribution in [3.8, 4) is 5.75 Å². The number of carbonyl (C=O) groups is 1. The number of hydrogen-bond donors (Lipinski definition) is 1. The molecule has 0 heterocycles. The maximum absolute atomic E-state index is 13.0. The van der Waals surface area contributed by atoms with E-state index < -0.39 is 6.10 Å². The van der Waals surface area contributed by atoms with E-state index in [0.717, 1.165) is 4.47 Å². The van der Waals surface area contributed by atoms with Gasteiger partial charge in [-0.15, -0.1) is 0 Å². The van der Waals surface area contributed by atoms with E-state index in [1.165, 1.54) is 18.2 Å². The van der Waals surface area contributed by atoms with E-state index in [4.69, 9.17) is 4.74 Å². The third-order valence-electron chi connectivity index (χ3n) is 2.94. The Morgan fingerprint density at radius 3 is 2.52 bits per heavy atom. The number of benzene rings is 2. The molecule has 1 N–H and O–H groups in total. The van der Waals surface area contributed by atoms with Crippen LogP contribution in [0.1, 0.15) is 12.5 Å². The van der Waals surface area contributed by atoms with E-state index in [9.17, 15) is 9.18 Å². The van der Waals surface area contributed by atoms with Gasteiger partial charge in [0.2, 0.25) is 0 Å². The van der Waals surface area contributed by atoms with Crippen LogP contribution in [0.25, 0.3) is 0 Å². The summed E-state index contributed by atoms with van der Waals surface area (Å²) in [5.74, 6) is -0.00559. The predicted octanol–water partition coefficient (Wildman–Crippen LogP) is 4.30. The fraction of sp³-hybridized carbons (Fsp3) is 0.188. The zero-order valence-electron chi connectivity index (χ0n) is 11.7. The van der Waals surface area contributed by atoms with Crippen LogP contribution in [0.3, 0.4) is 0 Å². The molecular weight excluding hydrogens is 337 g/mol. The van der Waals surface area contributed by atoms with Gasteiger partial charge >= 0.3 is 0 Å². The van der Waals surface area contributed by atoms with E-state index >= 15 is 0 Å². The highest BCUT2D eigenvalue weighted by atomic mass is 79.9. The molecule has 0 aromatic heterocycles. The Labute approximate surface area is 131 Å². The van der Waals surface area contributed by atoms with Crippen molar-refractivity contribution in [2.45, 2.75) is 20.0 Å². The highest BCUT2D eigenvalue weighted by molar-refractivity contribution is 9.10. The maximum Gasteiger partial charge on any atom is 0.265 e. The molecule has 1 amide bonds. The van der Waals surface area contributed by atoms with Crippen LogP contribution in [0, 0.1) is 12.7 Å². The fourth-order valence-corrected chi connectivity index (χ4v) is 2.04. The summed E-state index contributed by atoms with van der Waals surface area (Å²) in [5, 5.41) is 2.73. The van der Waals surface area contributed by atoms with E-state index in [2.05, 4.69) is 21.2 Å². The zero-order valence-corrected chi connectivity index (χ0v) is 13.3. The van der Waals surface area contributed by atoms with E-state index in [1.807, 2.05) is 12.1 Å². The summed E-state index contributed by atoms with van der Waals surface area (Å²) in [6, 6.07) is 11.4. The molecule has 3 nitrogen and oxygen atoms in total. The van der Waals surface area contributed by atoms with E-state index in [-0.39, 0.29) is 11.7 Å². The number of amides is 1. The van der Waals surface area contributed by atoms with Crippen molar-refractivity contribution in [2.75, 3.05) is 5.32 Å². The average Bonchev–Trinajstić information content (AvgIpc) is 2.44. The number of anilines is 1. The molecular formula is C16H15BrFNO2. The quantitative estimate of drug-likeness (QED) is 0.891. The Morgan fingerprint density at radius 2 is 1.90 bits per heavy atom. The van der Waals surface area contributed by atoms with Gasteiger partial charge in [-0.2, -0.15) is 0 Å². The van der Waals surface area contributed by atoms with Crippen molar-refractivity contribution in [3.05, 3.63) is 58.3 Å². The van der Waals surface area contributed by atoms with Crippen LogP contribution in [0.15, 0.2) is 46.9 Å². The molecule has 2 aromatic carbocycles. The van der Waals surface area contributed by atoms with Gasteiger partial charge in [-0.25, -0.2) is 4.39 Å². The van der Waals surface area contributed by atoms with Gasteiger partial charge in [0.05, 0.1) is 0 Å². The lowest BCUT2D eigenvalue weighted by Crippen LogP contribution is -2.30. The molecule has 0 spiro atoms. The molecule has 21 heavy (non-hydrogen) atoms. The van der Waals surface area contributed by atoms with Crippen LogP contribution in [0.2, 0.25) is 0 Å². The SMILES string of the molecule is Cc1cc(F)ccc1NC(=O)[C@@H](C)Oc1ccc(Br)cc1. The summed E-state index contributed by atoms with van der Waals surface area (Å²) < 4.78 is 19.5. The molecule has 2 rings (SSSR count). The number of rotatable bonds is 4. The summed E-state index contributed by atoms with van der Waals surface area (Å²) in [6.07, 6.45) is -0.657. The largest absolute Gasteiger partial charge is 0.481 e. The van der Waals surface area contributed by atoms with Crippen LogP contribution >= 0.6 is 15.9 Å². The monoisotopic (exact) mass is 351 g/mol. The first-order valence-electron chi connectivity index (χ1n) is 6.45. The highest BCUT2D eigenvalue weighted by Gasteiger charge is 2.15. The lowest BCUT2D eigenvalue weighted by atomic mass is 10.2. The molecule has 0 fully saturated rings. The third-order valence-corrected chi connectivity index (χ3v) is 3.47. The Morgan fingerprint density at radius 1 is 1.24 bits per heavy atom. The summed E-state index contributed by atoms with van der Waals surface area (Å²) in [4.78, 5) is 12.1. The topological polar surface area (TPSA) is 38.3 Å². The normalized spacial score (nSPS) is 11.8. The van der Waals surface area contributed by atoms with Crippen LogP contribution in [0.4, 0.5) is 10.1 Å². The average molecular weight is 352 g/mol. The van der Waals surface area contributed by atoms with Gasteiger partial charge in [-0.1, -0.05) is 15.9 Å². The number of aryl methyl sites for hydroxylation is 1.